The average molecular weight is 364 g/mol. The number of fused-ring (bicyclic) bond motifs is 1. The van der Waals surface area contributed by atoms with Crippen molar-refractivity contribution in [1.29, 1.82) is 0 Å². The highest BCUT2D eigenvalue weighted by molar-refractivity contribution is 5.90. The smallest absolute Gasteiger partial charge is 0.162 e. The van der Waals surface area contributed by atoms with E-state index in [1.54, 1.807) is 7.11 Å². The SMILES string of the molecule is CCN(CC)CCCNc1nc(-c2ccc(OC)cc2)nc2ccccc12. The maximum atomic E-state index is 5.25. The van der Waals surface area contributed by atoms with Crippen LogP contribution >= 0.6 is 0 Å². The molecule has 3 rings (SSSR count). The molecule has 0 radical (unpaired) electrons. The highest BCUT2D eigenvalue weighted by Crippen LogP contribution is 2.26. The molecule has 0 saturated carbocycles. The first-order valence-electron chi connectivity index (χ1n) is 9.62. The van der Waals surface area contributed by atoms with Crippen LogP contribution in [0.5, 0.6) is 5.75 Å². The third kappa shape index (κ3) is 4.74. The van der Waals surface area contributed by atoms with Crippen LogP contribution in [0.2, 0.25) is 0 Å². The van der Waals surface area contributed by atoms with Crippen LogP contribution in [-0.2, 0) is 0 Å². The molecule has 1 heterocycles. The van der Waals surface area contributed by atoms with Crippen molar-refractivity contribution in [1.82, 2.24) is 14.9 Å². The van der Waals surface area contributed by atoms with Crippen LogP contribution < -0.4 is 10.1 Å². The van der Waals surface area contributed by atoms with Gasteiger partial charge in [0.25, 0.3) is 0 Å². The Hall–Kier alpha value is -2.66. The number of aromatic nitrogens is 2. The lowest BCUT2D eigenvalue weighted by Crippen LogP contribution is -2.25. The molecule has 0 atom stereocenters. The van der Waals surface area contributed by atoms with Gasteiger partial charge in [-0.3, -0.25) is 0 Å². The minimum Gasteiger partial charge on any atom is -0.497 e. The molecule has 0 aliphatic carbocycles. The van der Waals surface area contributed by atoms with Gasteiger partial charge in [0, 0.05) is 17.5 Å². The summed E-state index contributed by atoms with van der Waals surface area (Å²) in [6.45, 7) is 8.57. The molecular weight excluding hydrogens is 336 g/mol. The summed E-state index contributed by atoms with van der Waals surface area (Å²) in [5, 5.41) is 4.57. The van der Waals surface area contributed by atoms with Gasteiger partial charge in [-0.25, -0.2) is 9.97 Å². The Morgan fingerprint density at radius 3 is 2.41 bits per heavy atom. The molecule has 1 aromatic heterocycles. The molecule has 142 valence electrons. The van der Waals surface area contributed by atoms with Crippen LogP contribution in [0.15, 0.2) is 48.5 Å². The van der Waals surface area contributed by atoms with Gasteiger partial charge in [0.05, 0.1) is 12.6 Å². The zero-order chi connectivity index (χ0) is 19.1. The Labute approximate surface area is 161 Å². The number of para-hydroxylation sites is 1. The lowest BCUT2D eigenvalue weighted by Gasteiger charge is -2.18. The molecular formula is C22H28N4O. The maximum Gasteiger partial charge on any atom is 0.162 e. The molecule has 0 fully saturated rings. The van der Waals surface area contributed by atoms with E-state index in [-0.39, 0.29) is 0 Å². The van der Waals surface area contributed by atoms with Crippen molar-refractivity contribution < 1.29 is 4.74 Å². The molecule has 27 heavy (non-hydrogen) atoms. The van der Waals surface area contributed by atoms with Crippen LogP contribution in [0, 0.1) is 0 Å². The number of nitrogens with zero attached hydrogens (tertiary/aromatic N) is 3. The predicted molar refractivity (Wildman–Crippen MR) is 112 cm³/mol. The number of hydrogen-bond acceptors (Lipinski definition) is 5. The fourth-order valence-electron chi connectivity index (χ4n) is 3.13. The molecule has 0 saturated heterocycles. The van der Waals surface area contributed by atoms with E-state index in [2.05, 4.69) is 30.1 Å². The van der Waals surface area contributed by atoms with Gasteiger partial charge in [-0.2, -0.15) is 0 Å². The second-order valence-electron chi connectivity index (χ2n) is 6.45. The van der Waals surface area contributed by atoms with Gasteiger partial charge in [0.2, 0.25) is 0 Å². The van der Waals surface area contributed by atoms with Crippen molar-refractivity contribution in [3.05, 3.63) is 48.5 Å². The van der Waals surface area contributed by atoms with Crippen molar-refractivity contribution >= 4 is 16.7 Å². The van der Waals surface area contributed by atoms with E-state index < -0.39 is 0 Å². The summed E-state index contributed by atoms with van der Waals surface area (Å²) in [7, 11) is 1.67. The summed E-state index contributed by atoms with van der Waals surface area (Å²) in [5.41, 5.74) is 1.93. The zero-order valence-corrected chi connectivity index (χ0v) is 16.4. The van der Waals surface area contributed by atoms with Crippen LogP contribution in [-0.4, -0.2) is 48.2 Å². The van der Waals surface area contributed by atoms with Crippen molar-refractivity contribution in [2.45, 2.75) is 20.3 Å². The molecule has 0 unspecified atom stereocenters. The summed E-state index contributed by atoms with van der Waals surface area (Å²) >= 11 is 0. The lowest BCUT2D eigenvalue weighted by atomic mass is 10.1. The molecule has 0 bridgehead atoms. The van der Waals surface area contributed by atoms with Gasteiger partial charge in [0.1, 0.15) is 11.6 Å². The summed E-state index contributed by atoms with van der Waals surface area (Å²) in [6, 6.07) is 16.0. The number of ether oxygens (including phenoxy) is 1. The van der Waals surface area contributed by atoms with Crippen LogP contribution in [0.4, 0.5) is 5.82 Å². The second kappa shape index (κ2) is 9.33. The largest absolute Gasteiger partial charge is 0.497 e. The first kappa shape index (κ1) is 19.1. The first-order chi connectivity index (χ1) is 13.2. The summed E-state index contributed by atoms with van der Waals surface area (Å²) in [5.74, 6) is 2.45. The van der Waals surface area contributed by atoms with E-state index in [9.17, 15) is 0 Å². The quantitative estimate of drug-likeness (QED) is 0.569. The normalized spacial score (nSPS) is 11.1. The first-order valence-corrected chi connectivity index (χ1v) is 9.62. The molecule has 0 amide bonds. The Bertz CT molecular complexity index is 860. The fraction of sp³-hybridized carbons (Fsp3) is 0.364. The minimum absolute atomic E-state index is 0.725. The van der Waals surface area contributed by atoms with E-state index in [1.165, 1.54) is 0 Å². The highest BCUT2D eigenvalue weighted by Gasteiger charge is 2.09. The van der Waals surface area contributed by atoms with Crippen molar-refractivity contribution in [2.24, 2.45) is 0 Å². The van der Waals surface area contributed by atoms with Gasteiger partial charge in [-0.15, -0.1) is 0 Å². The molecule has 5 heteroatoms. The van der Waals surface area contributed by atoms with Gasteiger partial charge in [-0.05, 0) is 62.5 Å². The van der Waals surface area contributed by atoms with Gasteiger partial charge in [0.15, 0.2) is 5.82 Å². The molecule has 0 aliphatic rings. The molecule has 0 spiro atoms. The van der Waals surface area contributed by atoms with Crippen molar-refractivity contribution in [2.75, 3.05) is 38.6 Å². The Morgan fingerprint density at radius 1 is 0.963 bits per heavy atom. The third-order valence-corrected chi connectivity index (χ3v) is 4.79. The standard InChI is InChI=1S/C22H28N4O/c1-4-26(5-2)16-8-15-23-22-19-9-6-7-10-20(19)24-21(25-22)17-11-13-18(27-3)14-12-17/h6-7,9-14H,4-5,8,15-16H2,1-3H3,(H,23,24,25). The fourth-order valence-corrected chi connectivity index (χ4v) is 3.13. The number of hydrogen-bond donors (Lipinski definition) is 1. The maximum absolute atomic E-state index is 5.25. The van der Waals surface area contributed by atoms with Gasteiger partial charge >= 0.3 is 0 Å². The number of nitrogens with one attached hydrogen (secondary N) is 1. The summed E-state index contributed by atoms with van der Waals surface area (Å²) in [4.78, 5) is 12.0. The zero-order valence-electron chi connectivity index (χ0n) is 16.4. The van der Waals surface area contributed by atoms with E-state index in [0.29, 0.717) is 0 Å². The Kier molecular flexibility index (Phi) is 6.60. The number of rotatable bonds is 9. The topological polar surface area (TPSA) is 50.3 Å². The molecule has 5 nitrogen and oxygen atoms in total. The predicted octanol–water partition coefficient (Wildman–Crippen LogP) is 4.45. The summed E-state index contributed by atoms with van der Waals surface area (Å²) < 4.78 is 5.25. The van der Waals surface area contributed by atoms with Gasteiger partial charge < -0.3 is 15.0 Å². The Morgan fingerprint density at radius 2 is 1.70 bits per heavy atom. The molecule has 3 aromatic rings. The Balaban J connectivity index is 1.82. The van der Waals surface area contributed by atoms with E-state index in [1.807, 2.05) is 42.5 Å². The highest BCUT2D eigenvalue weighted by atomic mass is 16.5. The van der Waals surface area contributed by atoms with Crippen molar-refractivity contribution in [3.63, 3.8) is 0 Å². The monoisotopic (exact) mass is 364 g/mol. The van der Waals surface area contributed by atoms with E-state index >= 15 is 0 Å². The minimum atomic E-state index is 0.725. The third-order valence-electron chi connectivity index (χ3n) is 4.79. The summed E-state index contributed by atoms with van der Waals surface area (Å²) in [6.07, 6.45) is 1.08. The van der Waals surface area contributed by atoms with E-state index in [4.69, 9.17) is 14.7 Å². The number of anilines is 1. The second-order valence-corrected chi connectivity index (χ2v) is 6.45. The number of methoxy groups -OCH3 is 1. The van der Waals surface area contributed by atoms with Gasteiger partial charge in [-0.1, -0.05) is 26.0 Å². The van der Waals surface area contributed by atoms with Crippen molar-refractivity contribution in [3.8, 4) is 17.1 Å². The van der Waals surface area contributed by atoms with Crippen LogP contribution in [0.3, 0.4) is 0 Å². The molecule has 2 aromatic carbocycles. The average Bonchev–Trinajstić information content (AvgIpc) is 2.73. The van der Waals surface area contributed by atoms with E-state index in [0.717, 1.165) is 66.5 Å². The number of benzene rings is 2. The lowest BCUT2D eigenvalue weighted by molar-refractivity contribution is 0.303. The molecule has 1 N–H and O–H groups in total. The van der Waals surface area contributed by atoms with Crippen LogP contribution in [0.25, 0.3) is 22.3 Å². The molecule has 0 aliphatic heterocycles. The van der Waals surface area contributed by atoms with Crippen LogP contribution in [0.1, 0.15) is 20.3 Å².